The standard InChI is InChI=1S/C12H17NO.C8H16O/c1-4-13(5-2)12(14)11-8-6-7-10(3)9-11;1-3-5-6-7-8(9)4-2/h6-9H,4-5H2,1-3H3;4,8-9H,2-3,5-7H2,1H3. The van der Waals surface area contributed by atoms with Crippen molar-refractivity contribution in [3.63, 3.8) is 0 Å². The van der Waals surface area contributed by atoms with Crippen molar-refractivity contribution in [1.82, 2.24) is 4.90 Å². The Hall–Kier alpha value is -1.61. The van der Waals surface area contributed by atoms with E-state index in [1.807, 2.05) is 49.9 Å². The Labute approximate surface area is 142 Å². The number of aliphatic hydroxyl groups excluding tert-OH is 1. The first-order valence-corrected chi connectivity index (χ1v) is 8.66. The molecule has 1 unspecified atom stereocenters. The van der Waals surface area contributed by atoms with E-state index in [1.54, 1.807) is 6.08 Å². The summed E-state index contributed by atoms with van der Waals surface area (Å²) in [6, 6.07) is 7.72. The first kappa shape index (κ1) is 21.4. The Bertz CT molecular complexity index is 453. The van der Waals surface area contributed by atoms with E-state index in [4.69, 9.17) is 5.11 Å². The van der Waals surface area contributed by atoms with Crippen LogP contribution in [0.3, 0.4) is 0 Å². The van der Waals surface area contributed by atoms with E-state index in [-0.39, 0.29) is 12.0 Å². The molecule has 0 aromatic heterocycles. The lowest BCUT2D eigenvalue weighted by Gasteiger charge is -2.18. The summed E-state index contributed by atoms with van der Waals surface area (Å²) in [6.07, 6.45) is 5.72. The fourth-order valence-electron chi connectivity index (χ4n) is 2.19. The number of aryl methyl sites for hydroxylation is 1. The molecule has 0 fully saturated rings. The monoisotopic (exact) mass is 319 g/mol. The number of amides is 1. The molecule has 0 saturated heterocycles. The van der Waals surface area contributed by atoms with Crippen LogP contribution in [0.4, 0.5) is 0 Å². The quantitative estimate of drug-likeness (QED) is 0.562. The summed E-state index contributed by atoms with van der Waals surface area (Å²) in [6.45, 7) is 13.2. The van der Waals surface area contributed by atoms with Gasteiger partial charge in [-0.05, 0) is 39.3 Å². The van der Waals surface area contributed by atoms with Gasteiger partial charge in [0.25, 0.3) is 5.91 Å². The summed E-state index contributed by atoms with van der Waals surface area (Å²) in [5.41, 5.74) is 1.91. The second-order valence-corrected chi connectivity index (χ2v) is 5.65. The van der Waals surface area contributed by atoms with Crippen molar-refractivity contribution >= 4 is 5.91 Å². The molecule has 0 radical (unpaired) electrons. The summed E-state index contributed by atoms with van der Waals surface area (Å²) >= 11 is 0. The lowest BCUT2D eigenvalue weighted by atomic mass is 10.1. The third-order valence-electron chi connectivity index (χ3n) is 3.69. The number of rotatable bonds is 8. The molecule has 1 aromatic carbocycles. The van der Waals surface area contributed by atoms with Crippen LogP contribution in [-0.2, 0) is 0 Å². The van der Waals surface area contributed by atoms with Gasteiger partial charge in [-0.3, -0.25) is 4.79 Å². The van der Waals surface area contributed by atoms with Gasteiger partial charge in [0.15, 0.2) is 0 Å². The van der Waals surface area contributed by atoms with Crippen LogP contribution in [0.15, 0.2) is 36.9 Å². The van der Waals surface area contributed by atoms with Gasteiger partial charge in [0.1, 0.15) is 0 Å². The molecule has 1 atom stereocenters. The number of carbonyl (C=O) groups excluding carboxylic acids is 1. The molecule has 0 aliphatic rings. The minimum Gasteiger partial charge on any atom is -0.389 e. The maximum atomic E-state index is 11.9. The van der Waals surface area contributed by atoms with Crippen molar-refractivity contribution in [3.8, 4) is 0 Å². The molecule has 0 heterocycles. The van der Waals surface area contributed by atoms with Crippen LogP contribution in [0, 0.1) is 6.92 Å². The molecule has 1 amide bonds. The Morgan fingerprint density at radius 2 is 1.91 bits per heavy atom. The predicted molar refractivity (Wildman–Crippen MR) is 98.8 cm³/mol. The fourth-order valence-corrected chi connectivity index (χ4v) is 2.19. The van der Waals surface area contributed by atoms with Gasteiger partial charge in [0, 0.05) is 18.7 Å². The zero-order chi connectivity index (χ0) is 17.7. The number of unbranched alkanes of at least 4 members (excludes halogenated alkanes) is 2. The Morgan fingerprint density at radius 3 is 2.39 bits per heavy atom. The molecule has 0 aliphatic heterocycles. The lowest BCUT2D eigenvalue weighted by molar-refractivity contribution is 0.0773. The van der Waals surface area contributed by atoms with Crippen LogP contribution in [-0.4, -0.2) is 35.1 Å². The topological polar surface area (TPSA) is 40.5 Å². The fraction of sp³-hybridized carbons (Fsp3) is 0.550. The van der Waals surface area contributed by atoms with E-state index < -0.39 is 0 Å². The number of benzene rings is 1. The van der Waals surface area contributed by atoms with E-state index in [1.165, 1.54) is 12.8 Å². The van der Waals surface area contributed by atoms with Crippen molar-refractivity contribution in [2.45, 2.75) is 59.5 Å². The van der Waals surface area contributed by atoms with Gasteiger partial charge in [0.05, 0.1) is 6.10 Å². The third-order valence-corrected chi connectivity index (χ3v) is 3.69. The highest BCUT2D eigenvalue weighted by atomic mass is 16.3. The van der Waals surface area contributed by atoms with Crippen LogP contribution in [0.25, 0.3) is 0 Å². The molecule has 23 heavy (non-hydrogen) atoms. The number of nitrogens with zero attached hydrogens (tertiary/aromatic N) is 1. The number of hydrogen-bond acceptors (Lipinski definition) is 2. The highest BCUT2D eigenvalue weighted by Gasteiger charge is 2.11. The maximum Gasteiger partial charge on any atom is 0.253 e. The Kier molecular flexibility index (Phi) is 12.0. The second-order valence-electron chi connectivity index (χ2n) is 5.65. The van der Waals surface area contributed by atoms with Crippen molar-refractivity contribution in [2.75, 3.05) is 13.1 Å². The molecule has 0 spiro atoms. The highest BCUT2D eigenvalue weighted by molar-refractivity contribution is 5.94. The molecule has 0 aliphatic carbocycles. The molecule has 3 heteroatoms. The zero-order valence-corrected chi connectivity index (χ0v) is 15.2. The van der Waals surface area contributed by atoms with E-state index >= 15 is 0 Å². The Balaban J connectivity index is 0.000000468. The van der Waals surface area contributed by atoms with Gasteiger partial charge >= 0.3 is 0 Å². The van der Waals surface area contributed by atoms with Crippen LogP contribution in [0.5, 0.6) is 0 Å². The summed E-state index contributed by atoms with van der Waals surface area (Å²) < 4.78 is 0. The largest absolute Gasteiger partial charge is 0.389 e. The molecular formula is C20H33NO2. The molecule has 0 saturated carbocycles. The Morgan fingerprint density at radius 1 is 1.26 bits per heavy atom. The SMILES string of the molecule is C=CC(O)CCCCC.CCN(CC)C(=O)c1cccc(C)c1. The van der Waals surface area contributed by atoms with Crippen LogP contribution < -0.4 is 0 Å². The van der Waals surface area contributed by atoms with Crippen LogP contribution in [0.2, 0.25) is 0 Å². The minimum atomic E-state index is -0.281. The average molecular weight is 319 g/mol. The average Bonchev–Trinajstić information content (AvgIpc) is 2.56. The smallest absolute Gasteiger partial charge is 0.253 e. The van der Waals surface area contributed by atoms with Crippen LogP contribution >= 0.6 is 0 Å². The van der Waals surface area contributed by atoms with Gasteiger partial charge in [-0.1, -0.05) is 50.0 Å². The van der Waals surface area contributed by atoms with Crippen molar-refractivity contribution < 1.29 is 9.90 Å². The highest BCUT2D eigenvalue weighted by Crippen LogP contribution is 2.07. The molecule has 1 N–H and O–H groups in total. The van der Waals surface area contributed by atoms with E-state index in [2.05, 4.69) is 13.5 Å². The molecule has 130 valence electrons. The molecule has 0 bridgehead atoms. The molecular weight excluding hydrogens is 286 g/mol. The van der Waals surface area contributed by atoms with Crippen molar-refractivity contribution in [3.05, 3.63) is 48.0 Å². The van der Waals surface area contributed by atoms with Crippen molar-refractivity contribution in [1.29, 1.82) is 0 Å². The maximum absolute atomic E-state index is 11.9. The lowest BCUT2D eigenvalue weighted by Crippen LogP contribution is -2.30. The normalized spacial score (nSPS) is 11.2. The summed E-state index contributed by atoms with van der Waals surface area (Å²) in [5.74, 6) is 0.124. The van der Waals surface area contributed by atoms with E-state index in [0.29, 0.717) is 0 Å². The van der Waals surface area contributed by atoms with Gasteiger partial charge in [-0.15, -0.1) is 6.58 Å². The molecule has 1 aromatic rings. The van der Waals surface area contributed by atoms with Gasteiger partial charge in [-0.2, -0.15) is 0 Å². The second kappa shape index (κ2) is 12.9. The summed E-state index contributed by atoms with van der Waals surface area (Å²) in [5, 5.41) is 8.97. The van der Waals surface area contributed by atoms with Gasteiger partial charge in [0.2, 0.25) is 0 Å². The van der Waals surface area contributed by atoms with Crippen LogP contribution in [0.1, 0.15) is 62.4 Å². The first-order chi connectivity index (χ1) is 11.0. The van der Waals surface area contributed by atoms with Gasteiger partial charge < -0.3 is 10.0 Å². The van der Waals surface area contributed by atoms with Crippen molar-refractivity contribution in [2.24, 2.45) is 0 Å². The van der Waals surface area contributed by atoms with Gasteiger partial charge in [-0.25, -0.2) is 0 Å². The number of hydrogen-bond donors (Lipinski definition) is 1. The summed E-state index contributed by atoms with van der Waals surface area (Å²) in [7, 11) is 0. The zero-order valence-electron chi connectivity index (χ0n) is 15.2. The number of aliphatic hydroxyl groups is 1. The number of carbonyl (C=O) groups is 1. The minimum absolute atomic E-state index is 0.124. The summed E-state index contributed by atoms with van der Waals surface area (Å²) in [4.78, 5) is 13.7. The third kappa shape index (κ3) is 9.19. The molecule has 1 rings (SSSR count). The van der Waals surface area contributed by atoms with E-state index in [0.717, 1.165) is 37.1 Å². The predicted octanol–water partition coefficient (Wildman–Crippen LogP) is 4.59. The molecule has 3 nitrogen and oxygen atoms in total. The van der Waals surface area contributed by atoms with E-state index in [9.17, 15) is 4.79 Å². The first-order valence-electron chi connectivity index (χ1n) is 8.66.